The number of fused-ring (bicyclic) bond motifs is 1. The van der Waals surface area contributed by atoms with Gasteiger partial charge < -0.3 is 4.74 Å². The van der Waals surface area contributed by atoms with Crippen LogP contribution in [-0.2, 0) is 5.54 Å². The van der Waals surface area contributed by atoms with Gasteiger partial charge in [-0.05, 0) is 52.3 Å². The fourth-order valence-corrected chi connectivity index (χ4v) is 5.21. The quantitative estimate of drug-likeness (QED) is 0.201. The number of rotatable bonds is 5. The van der Waals surface area contributed by atoms with E-state index in [-0.39, 0.29) is 0 Å². The molecule has 0 fully saturated rings. The molecule has 5 heteroatoms. The second-order valence-electron chi connectivity index (χ2n) is 7.68. The minimum Gasteiger partial charge on any atom is -0.480 e. The summed E-state index contributed by atoms with van der Waals surface area (Å²) in [7, 11) is 1.66. The van der Waals surface area contributed by atoms with Gasteiger partial charge in [-0.25, -0.2) is 9.67 Å². The maximum absolute atomic E-state index is 5.66. The number of pyridine rings is 1. The Bertz CT molecular complexity index is 1270. The van der Waals surface area contributed by atoms with Crippen LogP contribution in [-0.4, -0.2) is 21.9 Å². The zero-order chi connectivity index (χ0) is 22.1. The van der Waals surface area contributed by atoms with E-state index in [1.165, 1.54) is 0 Å². The average molecular weight is 531 g/mol. The third-order valence-corrected chi connectivity index (χ3v) is 6.56. The lowest BCUT2D eigenvalue weighted by Gasteiger charge is -2.37. The SMILES string of the molecule is COc1nc(C)cc2c1c(I)nn2C(c1ccccc1)(c1ccccc1)c1ccccc1. The Kier molecular flexibility index (Phi) is 5.43. The first-order valence-corrected chi connectivity index (χ1v) is 11.5. The summed E-state index contributed by atoms with van der Waals surface area (Å²) >= 11 is 2.29. The highest BCUT2D eigenvalue weighted by Crippen LogP contribution is 2.43. The standard InChI is InChI=1S/C27H22IN3O/c1-19-18-23-24(26(29-19)32-2)25(28)30-31(23)27(20-12-6-3-7-13-20,21-14-8-4-9-15-21)22-16-10-5-11-17-22/h3-18H,1-2H3. The summed E-state index contributed by atoms with van der Waals surface area (Å²) in [6.45, 7) is 1.99. The molecule has 0 saturated carbocycles. The lowest BCUT2D eigenvalue weighted by molar-refractivity contribution is 0.402. The summed E-state index contributed by atoms with van der Waals surface area (Å²) in [5.41, 5.74) is 4.58. The fourth-order valence-electron chi connectivity index (χ4n) is 4.49. The molecule has 4 nitrogen and oxygen atoms in total. The largest absolute Gasteiger partial charge is 0.480 e. The van der Waals surface area contributed by atoms with Crippen molar-refractivity contribution in [1.82, 2.24) is 14.8 Å². The summed E-state index contributed by atoms with van der Waals surface area (Å²) < 4.78 is 8.66. The molecule has 5 aromatic rings. The summed E-state index contributed by atoms with van der Waals surface area (Å²) in [6, 6.07) is 33.8. The number of nitrogens with zero attached hydrogens (tertiary/aromatic N) is 3. The molecule has 0 atom stereocenters. The summed E-state index contributed by atoms with van der Waals surface area (Å²) in [4.78, 5) is 4.61. The molecule has 0 bridgehead atoms. The highest BCUT2D eigenvalue weighted by atomic mass is 127. The fraction of sp³-hybridized carbons (Fsp3) is 0.111. The molecule has 2 heterocycles. The molecule has 0 spiro atoms. The monoisotopic (exact) mass is 531 g/mol. The number of aryl methyl sites for hydroxylation is 1. The van der Waals surface area contributed by atoms with Crippen molar-refractivity contribution >= 4 is 33.5 Å². The van der Waals surface area contributed by atoms with E-state index >= 15 is 0 Å². The molecule has 0 N–H and O–H groups in total. The van der Waals surface area contributed by atoms with E-state index in [1.54, 1.807) is 7.11 Å². The molecule has 158 valence electrons. The van der Waals surface area contributed by atoms with Gasteiger partial charge in [0.1, 0.15) is 9.24 Å². The minimum absolute atomic E-state index is 0.596. The van der Waals surface area contributed by atoms with E-state index in [0.29, 0.717) is 5.88 Å². The van der Waals surface area contributed by atoms with Gasteiger partial charge in [0.05, 0.1) is 18.0 Å². The van der Waals surface area contributed by atoms with Gasteiger partial charge in [0.15, 0.2) is 0 Å². The van der Waals surface area contributed by atoms with Crippen molar-refractivity contribution in [1.29, 1.82) is 0 Å². The molecule has 32 heavy (non-hydrogen) atoms. The van der Waals surface area contributed by atoms with Crippen molar-refractivity contribution < 1.29 is 4.74 Å². The molecule has 3 aromatic carbocycles. The predicted molar refractivity (Wildman–Crippen MR) is 136 cm³/mol. The van der Waals surface area contributed by atoms with E-state index in [9.17, 15) is 0 Å². The molecule has 5 rings (SSSR count). The van der Waals surface area contributed by atoms with Gasteiger partial charge in [-0.3, -0.25) is 0 Å². The zero-order valence-corrected chi connectivity index (χ0v) is 20.0. The Labute approximate surface area is 201 Å². The van der Waals surface area contributed by atoms with Crippen LogP contribution in [0.2, 0.25) is 0 Å². The van der Waals surface area contributed by atoms with Crippen LogP contribution in [0.25, 0.3) is 10.9 Å². The Morgan fingerprint density at radius 2 is 1.25 bits per heavy atom. The van der Waals surface area contributed by atoms with Gasteiger partial charge in [-0.2, -0.15) is 5.10 Å². The molecular weight excluding hydrogens is 509 g/mol. The first-order valence-electron chi connectivity index (χ1n) is 10.4. The maximum Gasteiger partial charge on any atom is 0.225 e. The van der Waals surface area contributed by atoms with Crippen molar-refractivity contribution in [2.45, 2.75) is 12.5 Å². The molecule has 0 amide bonds. The number of methoxy groups -OCH3 is 1. The normalized spacial score (nSPS) is 11.6. The Morgan fingerprint density at radius 3 is 1.69 bits per heavy atom. The van der Waals surface area contributed by atoms with Crippen LogP contribution in [0.4, 0.5) is 0 Å². The van der Waals surface area contributed by atoms with E-state index in [0.717, 1.165) is 37.0 Å². The van der Waals surface area contributed by atoms with Crippen LogP contribution in [0, 0.1) is 10.6 Å². The minimum atomic E-state index is -0.676. The predicted octanol–water partition coefficient (Wildman–Crippen LogP) is 6.19. The third kappa shape index (κ3) is 3.19. The number of hydrogen-bond acceptors (Lipinski definition) is 3. The van der Waals surface area contributed by atoms with Crippen LogP contribution in [0.3, 0.4) is 0 Å². The van der Waals surface area contributed by atoms with E-state index < -0.39 is 5.54 Å². The van der Waals surface area contributed by atoms with Crippen LogP contribution >= 0.6 is 22.6 Å². The Balaban J connectivity index is 2.00. The van der Waals surface area contributed by atoms with E-state index in [1.807, 2.05) is 25.1 Å². The molecule has 0 aliphatic rings. The van der Waals surface area contributed by atoms with Crippen molar-refractivity contribution in [2.75, 3.05) is 7.11 Å². The summed E-state index contributed by atoms with van der Waals surface area (Å²) in [6.07, 6.45) is 0. The Morgan fingerprint density at radius 1 is 0.781 bits per heavy atom. The van der Waals surface area contributed by atoms with Crippen LogP contribution in [0.15, 0.2) is 97.1 Å². The summed E-state index contributed by atoms with van der Waals surface area (Å²) in [5, 5.41) is 6.05. The van der Waals surface area contributed by atoms with Gasteiger partial charge in [-0.15, -0.1) is 0 Å². The maximum atomic E-state index is 5.66. The summed E-state index contributed by atoms with van der Waals surface area (Å²) in [5.74, 6) is 0.596. The second kappa shape index (κ2) is 8.39. The lowest BCUT2D eigenvalue weighted by atomic mass is 9.77. The van der Waals surface area contributed by atoms with Crippen LogP contribution in [0.1, 0.15) is 22.4 Å². The lowest BCUT2D eigenvalue weighted by Crippen LogP contribution is -2.38. The number of halogens is 1. The number of hydrogen-bond donors (Lipinski definition) is 0. The number of benzene rings is 3. The Hall–Kier alpha value is -3.19. The highest BCUT2D eigenvalue weighted by molar-refractivity contribution is 14.1. The van der Waals surface area contributed by atoms with Gasteiger partial charge in [-0.1, -0.05) is 91.0 Å². The second-order valence-corrected chi connectivity index (χ2v) is 8.70. The molecule has 0 aliphatic carbocycles. The van der Waals surface area contributed by atoms with Gasteiger partial charge in [0.2, 0.25) is 5.88 Å². The molecular formula is C27H22IN3O. The van der Waals surface area contributed by atoms with Crippen LogP contribution < -0.4 is 4.74 Å². The van der Waals surface area contributed by atoms with E-state index in [4.69, 9.17) is 9.84 Å². The van der Waals surface area contributed by atoms with Crippen molar-refractivity contribution in [3.8, 4) is 5.88 Å². The first kappa shape index (κ1) is 20.7. The first-order chi connectivity index (χ1) is 15.7. The average Bonchev–Trinajstić information content (AvgIpc) is 3.17. The number of ether oxygens (including phenoxy) is 1. The van der Waals surface area contributed by atoms with Crippen LogP contribution in [0.5, 0.6) is 5.88 Å². The van der Waals surface area contributed by atoms with E-state index in [2.05, 4.69) is 111 Å². The number of aromatic nitrogens is 3. The van der Waals surface area contributed by atoms with Gasteiger partial charge in [0, 0.05) is 5.69 Å². The molecule has 0 unspecified atom stereocenters. The van der Waals surface area contributed by atoms with Gasteiger partial charge >= 0.3 is 0 Å². The van der Waals surface area contributed by atoms with Crippen molar-refractivity contribution in [3.05, 3.63) is 123 Å². The molecule has 2 aromatic heterocycles. The van der Waals surface area contributed by atoms with Crippen molar-refractivity contribution in [2.24, 2.45) is 0 Å². The molecule has 0 radical (unpaired) electrons. The zero-order valence-electron chi connectivity index (χ0n) is 17.9. The molecule has 0 aliphatic heterocycles. The van der Waals surface area contributed by atoms with Crippen molar-refractivity contribution in [3.63, 3.8) is 0 Å². The molecule has 0 saturated heterocycles. The third-order valence-electron chi connectivity index (χ3n) is 5.80. The topological polar surface area (TPSA) is 39.9 Å². The smallest absolute Gasteiger partial charge is 0.225 e. The highest BCUT2D eigenvalue weighted by Gasteiger charge is 2.41. The van der Waals surface area contributed by atoms with Gasteiger partial charge in [0.25, 0.3) is 0 Å².